The molecule has 0 atom stereocenters. The molecule has 1 saturated heterocycles. The van der Waals surface area contributed by atoms with Gasteiger partial charge in [-0.3, -0.25) is 9.59 Å². The highest BCUT2D eigenvalue weighted by Gasteiger charge is 2.28. The summed E-state index contributed by atoms with van der Waals surface area (Å²) in [5, 5.41) is 2.73. The molecule has 170 valence electrons. The lowest BCUT2D eigenvalue weighted by Gasteiger charge is -2.21. The van der Waals surface area contributed by atoms with Crippen LogP contribution in [-0.2, 0) is 10.0 Å². The molecule has 2 aromatic rings. The van der Waals surface area contributed by atoms with Crippen LogP contribution in [0.3, 0.4) is 0 Å². The summed E-state index contributed by atoms with van der Waals surface area (Å²) in [5.41, 5.74) is 0.613. The molecule has 1 N–H and O–H groups in total. The van der Waals surface area contributed by atoms with Gasteiger partial charge in [-0.25, -0.2) is 8.42 Å². The summed E-state index contributed by atoms with van der Waals surface area (Å²) in [6, 6.07) is 7.14. The minimum atomic E-state index is -3.84. The number of nitrogens with one attached hydrogen (secondary N) is 1. The molecule has 10 heteroatoms. The van der Waals surface area contributed by atoms with Gasteiger partial charge in [0.2, 0.25) is 16.8 Å². The van der Waals surface area contributed by atoms with Gasteiger partial charge in [0, 0.05) is 30.3 Å². The standard InChI is InChI=1S/C22H23ClN2O6S/c1-14(26)16-11-19-20(31-13-30-19)12-18(16)24-22(27)15-6-7-17(23)21(10-15)32(28,29)25-8-4-2-3-5-9-25/h6-7,10-12H,2-5,8-9,13H2,1H3,(H,24,27). The summed E-state index contributed by atoms with van der Waals surface area (Å²) in [6.07, 6.45) is 3.54. The van der Waals surface area contributed by atoms with Crippen LogP contribution in [0.5, 0.6) is 11.5 Å². The van der Waals surface area contributed by atoms with Crippen molar-refractivity contribution in [1.29, 1.82) is 0 Å². The fourth-order valence-corrected chi connectivity index (χ4v) is 5.81. The van der Waals surface area contributed by atoms with E-state index in [1.807, 2.05) is 0 Å². The Morgan fingerprint density at radius 3 is 2.31 bits per heavy atom. The number of fused-ring (bicyclic) bond motifs is 1. The molecule has 0 aliphatic carbocycles. The molecule has 0 bridgehead atoms. The molecule has 2 aliphatic heterocycles. The summed E-state index contributed by atoms with van der Waals surface area (Å²) in [7, 11) is -3.84. The largest absolute Gasteiger partial charge is 0.454 e. The highest BCUT2D eigenvalue weighted by molar-refractivity contribution is 7.89. The molecule has 0 saturated carbocycles. The third-order valence-electron chi connectivity index (χ3n) is 5.52. The molecule has 0 unspecified atom stereocenters. The van der Waals surface area contributed by atoms with Gasteiger partial charge in [0.15, 0.2) is 17.3 Å². The normalized spacial score (nSPS) is 16.4. The number of carbonyl (C=O) groups excluding carboxylic acids is 2. The Balaban J connectivity index is 1.64. The van der Waals surface area contributed by atoms with Crippen molar-refractivity contribution < 1.29 is 27.5 Å². The molecule has 4 rings (SSSR count). The number of hydrogen-bond acceptors (Lipinski definition) is 6. The number of benzene rings is 2. The number of halogens is 1. The average molecular weight is 479 g/mol. The first kappa shape index (κ1) is 22.6. The van der Waals surface area contributed by atoms with Gasteiger partial charge in [-0.15, -0.1) is 0 Å². The second kappa shape index (κ2) is 9.09. The molecule has 32 heavy (non-hydrogen) atoms. The van der Waals surface area contributed by atoms with Crippen LogP contribution >= 0.6 is 11.6 Å². The van der Waals surface area contributed by atoms with Crippen molar-refractivity contribution in [3.8, 4) is 11.5 Å². The van der Waals surface area contributed by atoms with Gasteiger partial charge in [-0.2, -0.15) is 4.31 Å². The second-order valence-corrected chi connectivity index (χ2v) is 10.0. The Morgan fingerprint density at radius 1 is 1.00 bits per heavy atom. The first-order chi connectivity index (χ1) is 15.3. The third-order valence-corrected chi connectivity index (χ3v) is 7.90. The molecule has 0 spiro atoms. The average Bonchev–Trinajstić information content (AvgIpc) is 3.02. The Labute approximate surface area is 191 Å². The lowest BCUT2D eigenvalue weighted by Crippen LogP contribution is -2.32. The first-order valence-corrected chi connectivity index (χ1v) is 12.1. The van der Waals surface area contributed by atoms with E-state index >= 15 is 0 Å². The fraction of sp³-hybridized carbons (Fsp3) is 0.364. The molecule has 8 nitrogen and oxygen atoms in total. The molecular weight excluding hydrogens is 456 g/mol. The summed E-state index contributed by atoms with van der Waals surface area (Å²) in [5.74, 6) is -0.00848. The smallest absolute Gasteiger partial charge is 0.255 e. The van der Waals surface area contributed by atoms with Crippen LogP contribution in [0.15, 0.2) is 35.2 Å². The van der Waals surface area contributed by atoms with E-state index in [1.165, 1.54) is 41.6 Å². The summed E-state index contributed by atoms with van der Waals surface area (Å²) in [6.45, 7) is 2.25. The maximum absolute atomic E-state index is 13.2. The van der Waals surface area contributed by atoms with E-state index < -0.39 is 15.9 Å². The van der Waals surface area contributed by atoms with Crippen LogP contribution in [0.25, 0.3) is 0 Å². The van der Waals surface area contributed by atoms with Crippen LogP contribution in [-0.4, -0.2) is 44.3 Å². The molecular formula is C22H23ClN2O6S. The molecule has 1 amide bonds. The number of ketones is 1. The lowest BCUT2D eigenvalue weighted by molar-refractivity contribution is 0.101. The fourth-order valence-electron chi connectivity index (χ4n) is 3.79. The zero-order valence-corrected chi connectivity index (χ0v) is 19.1. The minimum absolute atomic E-state index is 0.0268. The van der Waals surface area contributed by atoms with Crippen LogP contribution in [0.4, 0.5) is 5.69 Å². The minimum Gasteiger partial charge on any atom is -0.454 e. The predicted molar refractivity (Wildman–Crippen MR) is 119 cm³/mol. The molecule has 1 fully saturated rings. The van der Waals surface area contributed by atoms with E-state index in [4.69, 9.17) is 21.1 Å². The van der Waals surface area contributed by atoms with Crippen LogP contribution in [0.2, 0.25) is 5.02 Å². The SMILES string of the molecule is CC(=O)c1cc2c(cc1NC(=O)c1ccc(Cl)c(S(=O)(=O)N3CCCCCC3)c1)OCO2. The van der Waals surface area contributed by atoms with Gasteiger partial charge in [-0.05, 0) is 44.0 Å². The zero-order valence-electron chi connectivity index (χ0n) is 17.5. The van der Waals surface area contributed by atoms with Gasteiger partial charge in [0.05, 0.1) is 10.7 Å². The maximum Gasteiger partial charge on any atom is 0.255 e. The number of hydrogen-bond donors (Lipinski definition) is 1. The van der Waals surface area contributed by atoms with Gasteiger partial charge >= 0.3 is 0 Å². The van der Waals surface area contributed by atoms with Crippen LogP contribution in [0, 0.1) is 0 Å². The van der Waals surface area contributed by atoms with Crippen molar-refractivity contribution in [2.45, 2.75) is 37.5 Å². The quantitative estimate of drug-likeness (QED) is 0.649. The number of anilines is 1. The number of ether oxygens (including phenoxy) is 2. The monoisotopic (exact) mass is 478 g/mol. The first-order valence-electron chi connectivity index (χ1n) is 10.3. The van der Waals surface area contributed by atoms with E-state index in [0.29, 0.717) is 24.6 Å². The Bertz CT molecular complexity index is 1170. The van der Waals surface area contributed by atoms with Gasteiger partial charge in [0.25, 0.3) is 5.91 Å². The second-order valence-electron chi connectivity index (χ2n) is 7.72. The number of sulfonamides is 1. The van der Waals surface area contributed by atoms with E-state index in [2.05, 4.69) is 5.32 Å². The Morgan fingerprint density at radius 2 is 1.66 bits per heavy atom. The van der Waals surface area contributed by atoms with Gasteiger partial charge in [-0.1, -0.05) is 24.4 Å². The predicted octanol–water partition coefficient (Wildman–Crippen LogP) is 4.09. The topological polar surface area (TPSA) is 102 Å². The highest BCUT2D eigenvalue weighted by Crippen LogP contribution is 2.37. The summed E-state index contributed by atoms with van der Waals surface area (Å²) < 4.78 is 38.4. The van der Waals surface area contributed by atoms with Crippen molar-refractivity contribution >= 4 is 39.0 Å². The highest BCUT2D eigenvalue weighted by atomic mass is 35.5. The van der Waals surface area contributed by atoms with Crippen LogP contribution < -0.4 is 14.8 Å². The molecule has 2 aliphatic rings. The zero-order chi connectivity index (χ0) is 22.9. The van der Waals surface area contributed by atoms with E-state index in [0.717, 1.165) is 25.7 Å². The van der Waals surface area contributed by atoms with Crippen molar-refractivity contribution in [1.82, 2.24) is 4.31 Å². The summed E-state index contributed by atoms with van der Waals surface area (Å²) in [4.78, 5) is 24.9. The lowest BCUT2D eigenvalue weighted by atomic mass is 10.1. The number of amides is 1. The van der Waals surface area contributed by atoms with E-state index in [9.17, 15) is 18.0 Å². The molecule has 2 heterocycles. The Kier molecular flexibility index (Phi) is 6.41. The third kappa shape index (κ3) is 4.46. The maximum atomic E-state index is 13.2. The number of rotatable bonds is 5. The molecule has 2 aromatic carbocycles. The number of carbonyl (C=O) groups is 2. The van der Waals surface area contributed by atoms with Crippen LogP contribution in [0.1, 0.15) is 53.3 Å². The summed E-state index contributed by atoms with van der Waals surface area (Å²) >= 11 is 6.22. The number of nitrogens with zero attached hydrogens (tertiary/aromatic N) is 1. The molecule has 0 radical (unpaired) electrons. The van der Waals surface area contributed by atoms with Crippen molar-refractivity contribution in [2.24, 2.45) is 0 Å². The number of Topliss-reactive ketones (excluding diaryl/α,β-unsaturated/α-hetero) is 1. The van der Waals surface area contributed by atoms with Gasteiger partial charge in [0.1, 0.15) is 4.90 Å². The molecule has 0 aromatic heterocycles. The van der Waals surface area contributed by atoms with Crippen molar-refractivity contribution in [3.05, 3.63) is 46.5 Å². The Hall–Kier alpha value is -2.62. The van der Waals surface area contributed by atoms with Crippen molar-refractivity contribution in [3.63, 3.8) is 0 Å². The van der Waals surface area contributed by atoms with Crippen molar-refractivity contribution in [2.75, 3.05) is 25.2 Å². The van der Waals surface area contributed by atoms with E-state index in [-0.39, 0.29) is 39.3 Å². The van der Waals surface area contributed by atoms with E-state index in [1.54, 1.807) is 0 Å². The van der Waals surface area contributed by atoms with Gasteiger partial charge < -0.3 is 14.8 Å².